The molecule has 2 unspecified atom stereocenters. The molecular formula is C14H18O8. The van der Waals surface area contributed by atoms with Gasteiger partial charge in [-0.15, -0.1) is 0 Å². The molecule has 0 saturated carbocycles. The van der Waals surface area contributed by atoms with Crippen LogP contribution in [0.2, 0.25) is 0 Å². The minimum absolute atomic E-state index is 0.134. The zero-order valence-electron chi connectivity index (χ0n) is 11.7. The maximum absolute atomic E-state index is 10.0. The van der Waals surface area contributed by atoms with E-state index in [0.29, 0.717) is 17.1 Å². The number of benzene rings is 1. The average molecular weight is 314 g/mol. The van der Waals surface area contributed by atoms with Crippen molar-refractivity contribution in [3.63, 3.8) is 0 Å². The van der Waals surface area contributed by atoms with E-state index in [9.17, 15) is 15.3 Å². The third-order valence-corrected chi connectivity index (χ3v) is 3.71. The van der Waals surface area contributed by atoms with Gasteiger partial charge in [-0.1, -0.05) is 0 Å². The number of aliphatic hydroxyl groups excluding tert-OH is 4. The van der Waals surface area contributed by atoms with Crippen LogP contribution in [0.5, 0.6) is 11.5 Å². The molecule has 1 fully saturated rings. The summed E-state index contributed by atoms with van der Waals surface area (Å²) >= 11 is 0. The van der Waals surface area contributed by atoms with Gasteiger partial charge in [-0.3, -0.25) is 0 Å². The fourth-order valence-corrected chi connectivity index (χ4v) is 2.50. The summed E-state index contributed by atoms with van der Waals surface area (Å²) in [5, 5.41) is 38.2. The number of fused-ring (bicyclic) bond motifs is 1. The Bertz CT molecular complexity index is 522. The Morgan fingerprint density at radius 2 is 1.91 bits per heavy atom. The molecular weight excluding hydrogens is 296 g/mol. The van der Waals surface area contributed by atoms with Crippen LogP contribution in [0.3, 0.4) is 0 Å². The molecule has 0 radical (unpaired) electrons. The summed E-state index contributed by atoms with van der Waals surface area (Å²) in [6, 6.07) is 5.06. The van der Waals surface area contributed by atoms with Gasteiger partial charge in [0.25, 0.3) is 0 Å². The molecule has 2 heterocycles. The summed E-state index contributed by atoms with van der Waals surface area (Å²) in [5.74, 6) is 1.14. The minimum Gasteiger partial charge on any atom is -0.454 e. The van der Waals surface area contributed by atoms with E-state index >= 15 is 0 Å². The zero-order valence-corrected chi connectivity index (χ0v) is 11.7. The van der Waals surface area contributed by atoms with Crippen molar-refractivity contribution in [2.75, 3.05) is 20.0 Å². The topological polar surface area (TPSA) is 118 Å². The van der Waals surface area contributed by atoms with Gasteiger partial charge >= 0.3 is 0 Å². The molecule has 122 valence electrons. The van der Waals surface area contributed by atoms with Gasteiger partial charge in [0, 0.05) is 5.56 Å². The van der Waals surface area contributed by atoms with Crippen molar-refractivity contribution in [1.82, 2.24) is 0 Å². The zero-order chi connectivity index (χ0) is 15.7. The maximum atomic E-state index is 10.0. The Morgan fingerprint density at radius 1 is 1.14 bits per heavy atom. The predicted octanol–water partition coefficient (Wildman–Crippen LogP) is -1.10. The van der Waals surface area contributed by atoms with E-state index in [1.54, 1.807) is 18.2 Å². The Hall–Kier alpha value is -1.42. The average Bonchev–Trinajstić information content (AvgIpc) is 3.01. The summed E-state index contributed by atoms with van der Waals surface area (Å²) in [7, 11) is 0. The molecule has 0 aliphatic carbocycles. The summed E-state index contributed by atoms with van der Waals surface area (Å²) in [6.07, 6.45) is -5.47. The molecule has 5 atom stereocenters. The Kier molecular flexibility index (Phi) is 4.48. The van der Waals surface area contributed by atoms with Crippen molar-refractivity contribution in [3.05, 3.63) is 23.8 Å². The minimum atomic E-state index is -1.29. The lowest BCUT2D eigenvalue weighted by molar-refractivity contribution is -0.310. The lowest BCUT2D eigenvalue weighted by Gasteiger charge is -2.40. The number of aliphatic hydroxyl groups is 4. The molecule has 4 N–H and O–H groups in total. The summed E-state index contributed by atoms with van der Waals surface area (Å²) in [4.78, 5) is 0. The number of ether oxygens (including phenoxy) is 4. The molecule has 8 heteroatoms. The molecule has 0 amide bonds. The van der Waals surface area contributed by atoms with E-state index in [2.05, 4.69) is 0 Å². The van der Waals surface area contributed by atoms with Crippen molar-refractivity contribution < 1.29 is 39.4 Å². The molecule has 0 aromatic heterocycles. The van der Waals surface area contributed by atoms with E-state index < -0.39 is 43.9 Å². The van der Waals surface area contributed by atoms with Crippen LogP contribution < -0.4 is 9.47 Å². The largest absolute Gasteiger partial charge is 0.454 e. The molecule has 22 heavy (non-hydrogen) atoms. The van der Waals surface area contributed by atoms with Gasteiger partial charge in [0.05, 0.1) is 13.2 Å². The number of hydrogen-bond donors (Lipinski definition) is 4. The Morgan fingerprint density at radius 3 is 2.64 bits per heavy atom. The standard InChI is InChI=1S/C14H18O8/c15-4-8(17)13-12(18)11(5-16)21-14(22-13)7-1-2-9-10(3-7)20-6-19-9/h1-3,8,11-18H,4-6H2/t8-,11+,12-,13?,14?/m1/s1. The molecule has 0 bridgehead atoms. The van der Waals surface area contributed by atoms with Gasteiger partial charge in [-0.2, -0.15) is 0 Å². The first kappa shape index (κ1) is 15.5. The quantitative estimate of drug-likeness (QED) is 0.553. The lowest BCUT2D eigenvalue weighted by atomic mass is 10.0. The first-order valence-corrected chi connectivity index (χ1v) is 6.92. The van der Waals surface area contributed by atoms with Gasteiger partial charge in [0.1, 0.15) is 24.4 Å². The fourth-order valence-electron chi connectivity index (χ4n) is 2.50. The van der Waals surface area contributed by atoms with Crippen LogP contribution >= 0.6 is 0 Å². The van der Waals surface area contributed by atoms with E-state index in [-0.39, 0.29) is 6.79 Å². The second kappa shape index (κ2) is 6.37. The van der Waals surface area contributed by atoms with Gasteiger partial charge in [0.2, 0.25) is 6.79 Å². The van der Waals surface area contributed by atoms with Gasteiger partial charge in [0.15, 0.2) is 17.8 Å². The lowest BCUT2D eigenvalue weighted by Crippen LogP contribution is -2.54. The highest BCUT2D eigenvalue weighted by atomic mass is 16.7. The van der Waals surface area contributed by atoms with Gasteiger partial charge in [-0.05, 0) is 18.2 Å². The highest BCUT2D eigenvalue weighted by molar-refractivity contribution is 5.44. The van der Waals surface area contributed by atoms with Crippen molar-refractivity contribution in [3.8, 4) is 11.5 Å². The highest BCUT2D eigenvalue weighted by Gasteiger charge is 2.42. The van der Waals surface area contributed by atoms with Gasteiger partial charge < -0.3 is 39.4 Å². The fraction of sp³-hybridized carbons (Fsp3) is 0.571. The molecule has 1 aromatic carbocycles. The predicted molar refractivity (Wildman–Crippen MR) is 71.2 cm³/mol. The van der Waals surface area contributed by atoms with E-state index in [1.165, 1.54) is 0 Å². The normalized spacial score (nSPS) is 32.0. The van der Waals surface area contributed by atoms with Crippen LogP contribution in [0.25, 0.3) is 0 Å². The van der Waals surface area contributed by atoms with Crippen molar-refractivity contribution in [2.24, 2.45) is 0 Å². The van der Waals surface area contributed by atoms with Crippen LogP contribution in [-0.2, 0) is 9.47 Å². The first-order valence-electron chi connectivity index (χ1n) is 6.92. The summed E-state index contributed by atoms with van der Waals surface area (Å²) in [6.45, 7) is -0.886. The SMILES string of the molecule is OC[C@@H](O)C1OC(c2ccc3c(c2)OCO3)O[C@@H](CO)[C@H]1O. The van der Waals surface area contributed by atoms with Crippen LogP contribution in [0, 0.1) is 0 Å². The number of rotatable bonds is 4. The van der Waals surface area contributed by atoms with Gasteiger partial charge in [-0.25, -0.2) is 0 Å². The van der Waals surface area contributed by atoms with Crippen molar-refractivity contribution in [1.29, 1.82) is 0 Å². The molecule has 3 rings (SSSR count). The third kappa shape index (κ3) is 2.76. The summed E-state index contributed by atoms with van der Waals surface area (Å²) < 4.78 is 21.5. The molecule has 0 spiro atoms. The third-order valence-electron chi connectivity index (χ3n) is 3.71. The molecule has 2 aliphatic rings. The number of hydrogen-bond acceptors (Lipinski definition) is 8. The summed E-state index contributed by atoms with van der Waals surface area (Å²) in [5.41, 5.74) is 0.588. The Balaban J connectivity index is 1.83. The van der Waals surface area contributed by atoms with Crippen LogP contribution in [0.4, 0.5) is 0 Å². The van der Waals surface area contributed by atoms with E-state index in [1.807, 2.05) is 0 Å². The van der Waals surface area contributed by atoms with E-state index in [4.69, 9.17) is 24.1 Å². The molecule has 8 nitrogen and oxygen atoms in total. The first-order chi connectivity index (χ1) is 10.6. The smallest absolute Gasteiger partial charge is 0.231 e. The Labute approximate surface area is 126 Å². The highest BCUT2D eigenvalue weighted by Crippen LogP contribution is 2.38. The van der Waals surface area contributed by atoms with Crippen LogP contribution in [0.1, 0.15) is 11.9 Å². The molecule has 2 aliphatic heterocycles. The molecule has 1 aromatic rings. The second-order valence-corrected chi connectivity index (χ2v) is 5.14. The maximum Gasteiger partial charge on any atom is 0.231 e. The monoisotopic (exact) mass is 314 g/mol. The van der Waals surface area contributed by atoms with Crippen LogP contribution in [-0.4, -0.2) is 64.8 Å². The van der Waals surface area contributed by atoms with Crippen molar-refractivity contribution in [2.45, 2.75) is 30.7 Å². The van der Waals surface area contributed by atoms with E-state index in [0.717, 1.165) is 0 Å². The molecule has 1 saturated heterocycles. The second-order valence-electron chi connectivity index (χ2n) is 5.14. The van der Waals surface area contributed by atoms with Crippen LogP contribution in [0.15, 0.2) is 18.2 Å². The van der Waals surface area contributed by atoms with Crippen molar-refractivity contribution >= 4 is 0 Å².